The van der Waals surface area contributed by atoms with E-state index < -0.39 is 0 Å². The molecule has 0 aromatic heterocycles. The van der Waals surface area contributed by atoms with Crippen LogP contribution in [0.4, 0.5) is 0 Å². The largest absolute Gasteiger partial charge is 1.00 e. The summed E-state index contributed by atoms with van der Waals surface area (Å²) in [4.78, 5) is 0. The molecule has 0 saturated heterocycles. The van der Waals surface area contributed by atoms with Crippen molar-refractivity contribution in [1.29, 1.82) is 0 Å². The molecule has 44 valence electrons. The van der Waals surface area contributed by atoms with Gasteiger partial charge >= 0.3 is 18.9 Å². The molecule has 0 atom stereocenters. The number of hydrogen-bond donors (Lipinski definition) is 0. The van der Waals surface area contributed by atoms with Gasteiger partial charge in [-0.05, 0) is 6.92 Å². The van der Waals surface area contributed by atoms with Crippen LogP contribution in [0.3, 0.4) is 0 Å². The Bertz CT molecular complexity index is 134. The second-order valence-electron chi connectivity index (χ2n) is 1.65. The van der Waals surface area contributed by atoms with Crippen LogP contribution in [0.15, 0.2) is 30.3 Å². The van der Waals surface area contributed by atoms with Crippen LogP contribution < -0.4 is 18.9 Å². The second kappa shape index (κ2) is 5.95. The van der Waals surface area contributed by atoms with E-state index in [0.29, 0.717) is 0 Å². The van der Waals surface area contributed by atoms with Gasteiger partial charge in [0.1, 0.15) is 0 Å². The Kier molecular flexibility index (Phi) is 7.66. The fourth-order valence-corrected chi connectivity index (χ4v) is 0.534. The summed E-state index contributed by atoms with van der Waals surface area (Å²) in [7, 11) is 0. The van der Waals surface area contributed by atoms with Crippen LogP contribution >= 0.6 is 0 Å². The summed E-state index contributed by atoms with van der Waals surface area (Å²) in [6.07, 6.45) is 0. The molecule has 0 nitrogen and oxygen atoms in total. The van der Waals surface area contributed by atoms with Crippen molar-refractivity contribution in [3.8, 4) is 0 Å². The Morgan fingerprint density at radius 3 is 1.67 bits per heavy atom. The molecule has 0 spiro atoms. The van der Waals surface area contributed by atoms with Crippen LogP contribution in [0, 0.1) is 14.4 Å². The first-order chi connectivity index (χ1) is 3.39. The molecule has 0 heterocycles. The van der Waals surface area contributed by atoms with Gasteiger partial charge in [0, 0.05) is 0 Å². The number of aryl methyl sites for hydroxylation is 1. The van der Waals surface area contributed by atoms with Crippen molar-refractivity contribution in [2.75, 3.05) is 0 Å². The zero-order chi connectivity index (χ0) is 5.11. The fraction of sp³-hybridized carbons (Fsp3) is 0.125. The van der Waals surface area contributed by atoms with Crippen LogP contribution in [0.5, 0.6) is 0 Å². The van der Waals surface area contributed by atoms with Crippen molar-refractivity contribution in [1.82, 2.24) is 0 Å². The maximum atomic E-state index is 2.08. The molecule has 0 aliphatic carbocycles. The van der Waals surface area contributed by atoms with E-state index in [1.165, 1.54) is 5.56 Å². The van der Waals surface area contributed by atoms with E-state index in [-0.39, 0.29) is 26.3 Å². The van der Waals surface area contributed by atoms with Gasteiger partial charge in [-0.2, -0.15) is 0 Å². The Balaban J connectivity index is 0. The van der Waals surface area contributed by atoms with Gasteiger partial charge in [-0.25, -0.2) is 0 Å². The average Bonchev–Trinajstić information content (AvgIpc) is 1.69. The van der Waals surface area contributed by atoms with Crippen molar-refractivity contribution in [3.05, 3.63) is 43.3 Å². The van der Waals surface area contributed by atoms with Gasteiger partial charge in [-0.1, -0.05) is 35.9 Å². The minimum Gasteiger partial charge on any atom is -0.358 e. The molecule has 1 aromatic carbocycles. The smallest absolute Gasteiger partial charge is 0.358 e. The summed E-state index contributed by atoms with van der Waals surface area (Å²) in [6.45, 7) is 2.08. The summed E-state index contributed by atoms with van der Waals surface area (Å²) in [5.41, 5.74) is 1.32. The van der Waals surface area contributed by atoms with Crippen molar-refractivity contribution < 1.29 is 18.9 Å². The monoisotopic (exact) mass is 114 g/mol. The molecular formula is C8H11Li. The summed E-state index contributed by atoms with van der Waals surface area (Å²) in [6, 6.07) is 10.3. The van der Waals surface area contributed by atoms with E-state index in [9.17, 15) is 0 Å². The van der Waals surface area contributed by atoms with Gasteiger partial charge in [0.15, 0.2) is 0 Å². The Morgan fingerprint density at radius 2 is 1.44 bits per heavy atom. The zero-order valence-electron chi connectivity index (χ0n) is 6.39. The summed E-state index contributed by atoms with van der Waals surface area (Å²) < 4.78 is 0. The van der Waals surface area contributed by atoms with E-state index in [4.69, 9.17) is 0 Å². The molecule has 0 bridgehead atoms. The Morgan fingerprint density at radius 1 is 1.00 bits per heavy atom. The van der Waals surface area contributed by atoms with Crippen molar-refractivity contribution >= 4 is 0 Å². The van der Waals surface area contributed by atoms with E-state index >= 15 is 0 Å². The molecular weight excluding hydrogens is 103 g/mol. The third kappa shape index (κ3) is 4.33. The SMILES string of the molecule is Cc1ccccc1.[CH3-].[Li+]. The molecule has 0 aliphatic rings. The topological polar surface area (TPSA) is 0 Å². The van der Waals surface area contributed by atoms with Crippen LogP contribution in [0.1, 0.15) is 5.56 Å². The number of hydrogen-bond acceptors (Lipinski definition) is 0. The standard InChI is InChI=1S/C7H8.CH3.Li/c1-7-5-3-2-4-6-7;;/h2-6H,1H3;1H3;/q;-1;+1. The fourth-order valence-electron chi connectivity index (χ4n) is 0.534. The molecule has 1 rings (SSSR count). The van der Waals surface area contributed by atoms with Gasteiger partial charge in [0.25, 0.3) is 0 Å². The molecule has 9 heavy (non-hydrogen) atoms. The van der Waals surface area contributed by atoms with Crippen LogP contribution in [0.25, 0.3) is 0 Å². The number of rotatable bonds is 0. The van der Waals surface area contributed by atoms with Crippen molar-refractivity contribution in [2.24, 2.45) is 0 Å². The summed E-state index contributed by atoms with van der Waals surface area (Å²) >= 11 is 0. The number of benzene rings is 1. The molecule has 0 fully saturated rings. The molecule has 0 aliphatic heterocycles. The van der Waals surface area contributed by atoms with E-state index in [1.807, 2.05) is 18.2 Å². The third-order valence-electron chi connectivity index (χ3n) is 0.940. The predicted octanol–water partition coefficient (Wildman–Crippen LogP) is -0.551. The van der Waals surface area contributed by atoms with Gasteiger partial charge in [0.05, 0.1) is 0 Å². The maximum absolute atomic E-state index is 2.08. The minimum absolute atomic E-state index is 0. The molecule has 0 N–H and O–H groups in total. The predicted molar refractivity (Wildman–Crippen MR) is 37.6 cm³/mol. The first kappa shape index (κ1) is 11.6. The van der Waals surface area contributed by atoms with Crippen LogP contribution in [-0.4, -0.2) is 0 Å². The van der Waals surface area contributed by atoms with Crippen LogP contribution in [-0.2, 0) is 0 Å². The molecule has 0 unspecified atom stereocenters. The third-order valence-corrected chi connectivity index (χ3v) is 0.940. The zero-order valence-corrected chi connectivity index (χ0v) is 6.39. The Hall–Kier alpha value is -0.183. The van der Waals surface area contributed by atoms with Gasteiger partial charge in [-0.3, -0.25) is 0 Å². The van der Waals surface area contributed by atoms with Crippen LogP contribution in [0.2, 0.25) is 0 Å². The van der Waals surface area contributed by atoms with Gasteiger partial charge < -0.3 is 7.43 Å². The first-order valence-electron chi connectivity index (χ1n) is 2.41. The molecule has 1 aromatic rings. The van der Waals surface area contributed by atoms with E-state index in [0.717, 1.165) is 0 Å². The second-order valence-corrected chi connectivity index (χ2v) is 1.65. The Labute approximate surface area is 69.5 Å². The molecule has 1 heteroatoms. The summed E-state index contributed by atoms with van der Waals surface area (Å²) in [5.74, 6) is 0. The normalized spacial score (nSPS) is 6.78. The molecule has 0 radical (unpaired) electrons. The first-order valence-corrected chi connectivity index (χ1v) is 2.41. The van der Waals surface area contributed by atoms with Gasteiger partial charge in [-0.15, -0.1) is 0 Å². The van der Waals surface area contributed by atoms with Crippen molar-refractivity contribution in [3.63, 3.8) is 0 Å². The van der Waals surface area contributed by atoms with E-state index in [1.54, 1.807) is 0 Å². The molecule has 0 amide bonds. The van der Waals surface area contributed by atoms with E-state index in [2.05, 4.69) is 19.1 Å². The van der Waals surface area contributed by atoms with Gasteiger partial charge in [0.2, 0.25) is 0 Å². The molecule has 0 saturated carbocycles. The van der Waals surface area contributed by atoms with Crippen molar-refractivity contribution in [2.45, 2.75) is 6.92 Å². The maximum Gasteiger partial charge on any atom is 1.00 e. The average molecular weight is 114 g/mol. The minimum atomic E-state index is 0. The summed E-state index contributed by atoms with van der Waals surface area (Å²) in [5, 5.41) is 0. The quantitative estimate of drug-likeness (QED) is 0.313.